The molecule has 0 spiro atoms. The molecule has 3 heteroatoms. The molecule has 0 aromatic rings. The van der Waals surface area contributed by atoms with Crippen LogP contribution in [0.15, 0.2) is 24.8 Å². The van der Waals surface area contributed by atoms with E-state index in [4.69, 9.17) is 4.74 Å². The third-order valence-corrected chi connectivity index (χ3v) is 2.15. The van der Waals surface area contributed by atoms with Gasteiger partial charge in [-0.3, -0.25) is 9.59 Å². The first-order chi connectivity index (χ1) is 7.04. The maximum Gasteiger partial charge on any atom is 0.317 e. The van der Waals surface area contributed by atoms with Crippen molar-refractivity contribution in [3.63, 3.8) is 0 Å². The van der Waals surface area contributed by atoms with Gasteiger partial charge in [-0.15, -0.1) is 6.58 Å². The Labute approximate surface area is 90.8 Å². The van der Waals surface area contributed by atoms with Crippen LogP contribution in [0, 0.1) is 11.8 Å². The summed E-state index contributed by atoms with van der Waals surface area (Å²) in [5, 5.41) is 0. The van der Waals surface area contributed by atoms with Crippen LogP contribution in [-0.4, -0.2) is 18.4 Å². The van der Waals surface area contributed by atoms with Crippen LogP contribution >= 0.6 is 0 Å². The Hall–Kier alpha value is -1.38. The second-order valence-electron chi connectivity index (χ2n) is 3.38. The summed E-state index contributed by atoms with van der Waals surface area (Å²) in [5.74, 6) is -1.59. The summed E-state index contributed by atoms with van der Waals surface area (Å²) in [7, 11) is 0. The first-order valence-corrected chi connectivity index (χ1v) is 4.95. The SMILES string of the molecule is C=CC(C)C(C(C)=O)C(=O)OC/C=C/C. The number of hydrogen-bond acceptors (Lipinski definition) is 3. The lowest BCUT2D eigenvalue weighted by Crippen LogP contribution is -2.29. The summed E-state index contributed by atoms with van der Waals surface area (Å²) in [6.45, 7) is 8.78. The summed E-state index contributed by atoms with van der Waals surface area (Å²) < 4.78 is 4.93. The molecule has 0 radical (unpaired) electrons. The molecule has 84 valence electrons. The predicted molar refractivity (Wildman–Crippen MR) is 59.3 cm³/mol. The third-order valence-electron chi connectivity index (χ3n) is 2.15. The van der Waals surface area contributed by atoms with Gasteiger partial charge in [0, 0.05) is 0 Å². The zero-order chi connectivity index (χ0) is 11.8. The van der Waals surface area contributed by atoms with Crippen molar-refractivity contribution in [2.24, 2.45) is 11.8 Å². The molecule has 0 N–H and O–H groups in total. The van der Waals surface area contributed by atoms with E-state index < -0.39 is 11.9 Å². The number of allylic oxidation sites excluding steroid dienone is 2. The van der Waals surface area contributed by atoms with Gasteiger partial charge in [0.2, 0.25) is 0 Å². The molecule has 2 atom stereocenters. The highest BCUT2D eigenvalue weighted by Crippen LogP contribution is 2.15. The van der Waals surface area contributed by atoms with Crippen molar-refractivity contribution < 1.29 is 14.3 Å². The van der Waals surface area contributed by atoms with Gasteiger partial charge in [0.25, 0.3) is 0 Å². The molecule has 0 aliphatic heterocycles. The van der Waals surface area contributed by atoms with Crippen LogP contribution in [-0.2, 0) is 14.3 Å². The Bertz CT molecular complexity index is 266. The quantitative estimate of drug-likeness (QED) is 0.383. The molecule has 0 aromatic heterocycles. The van der Waals surface area contributed by atoms with E-state index in [1.54, 1.807) is 25.2 Å². The Balaban J connectivity index is 4.42. The van der Waals surface area contributed by atoms with Crippen LogP contribution in [0.2, 0.25) is 0 Å². The maximum atomic E-state index is 11.5. The lowest BCUT2D eigenvalue weighted by Gasteiger charge is -2.16. The predicted octanol–water partition coefficient (Wildman–Crippen LogP) is 2.13. The standard InChI is InChI=1S/C12H18O3/c1-5-7-8-15-12(14)11(10(4)13)9(3)6-2/h5-7,9,11H,2,8H2,1,3-4H3/b7-5+. The largest absolute Gasteiger partial charge is 0.461 e. The number of esters is 1. The molecule has 15 heavy (non-hydrogen) atoms. The average molecular weight is 210 g/mol. The average Bonchev–Trinajstić information content (AvgIpc) is 2.17. The first-order valence-electron chi connectivity index (χ1n) is 4.95. The zero-order valence-electron chi connectivity index (χ0n) is 9.53. The number of carbonyl (C=O) groups is 2. The lowest BCUT2D eigenvalue weighted by atomic mass is 9.91. The smallest absolute Gasteiger partial charge is 0.317 e. The Morgan fingerprint density at radius 3 is 2.47 bits per heavy atom. The van der Waals surface area contributed by atoms with Gasteiger partial charge in [-0.2, -0.15) is 0 Å². The Morgan fingerprint density at radius 1 is 1.47 bits per heavy atom. The molecule has 0 saturated carbocycles. The van der Waals surface area contributed by atoms with E-state index in [9.17, 15) is 9.59 Å². The zero-order valence-corrected chi connectivity index (χ0v) is 9.53. The van der Waals surface area contributed by atoms with Gasteiger partial charge in [-0.05, 0) is 19.8 Å². The minimum Gasteiger partial charge on any atom is -0.461 e. The van der Waals surface area contributed by atoms with E-state index in [2.05, 4.69) is 6.58 Å². The van der Waals surface area contributed by atoms with Gasteiger partial charge >= 0.3 is 5.97 Å². The minimum absolute atomic E-state index is 0.187. The van der Waals surface area contributed by atoms with E-state index in [1.165, 1.54) is 6.92 Å². The first kappa shape index (κ1) is 13.6. The van der Waals surface area contributed by atoms with Crippen LogP contribution in [0.25, 0.3) is 0 Å². The Kier molecular flexibility index (Phi) is 6.34. The van der Waals surface area contributed by atoms with E-state index in [-0.39, 0.29) is 18.3 Å². The van der Waals surface area contributed by atoms with Crippen molar-refractivity contribution in [1.82, 2.24) is 0 Å². The molecule has 0 amide bonds. The van der Waals surface area contributed by atoms with Gasteiger partial charge in [0.15, 0.2) is 0 Å². The molecule has 0 aromatic carbocycles. The molecule has 0 fully saturated rings. The normalized spacial score (nSPS) is 14.6. The second-order valence-corrected chi connectivity index (χ2v) is 3.38. The molecule has 0 heterocycles. The van der Waals surface area contributed by atoms with Crippen molar-refractivity contribution in [3.8, 4) is 0 Å². The fourth-order valence-corrected chi connectivity index (χ4v) is 1.20. The molecule has 0 aliphatic carbocycles. The number of ketones is 1. The van der Waals surface area contributed by atoms with Crippen LogP contribution in [0.5, 0.6) is 0 Å². The highest BCUT2D eigenvalue weighted by atomic mass is 16.5. The molecule has 0 saturated heterocycles. The third kappa shape index (κ3) is 4.58. The van der Waals surface area contributed by atoms with E-state index in [0.717, 1.165) is 0 Å². The van der Waals surface area contributed by atoms with Crippen LogP contribution in [0.4, 0.5) is 0 Å². The van der Waals surface area contributed by atoms with Crippen molar-refractivity contribution in [3.05, 3.63) is 24.8 Å². The molecule has 2 unspecified atom stereocenters. The molecule has 0 aliphatic rings. The highest BCUT2D eigenvalue weighted by molar-refractivity contribution is 5.98. The second kappa shape index (κ2) is 6.98. The van der Waals surface area contributed by atoms with E-state index in [0.29, 0.717) is 0 Å². The number of hydrogen-bond donors (Lipinski definition) is 0. The molecular formula is C12H18O3. The lowest BCUT2D eigenvalue weighted by molar-refractivity contribution is -0.151. The summed E-state index contributed by atoms with van der Waals surface area (Å²) in [6.07, 6.45) is 5.09. The number of ether oxygens (including phenoxy) is 1. The summed E-state index contributed by atoms with van der Waals surface area (Å²) in [6, 6.07) is 0. The van der Waals surface area contributed by atoms with E-state index in [1.807, 2.05) is 6.92 Å². The van der Waals surface area contributed by atoms with Crippen LogP contribution in [0.1, 0.15) is 20.8 Å². The van der Waals surface area contributed by atoms with Crippen LogP contribution in [0.3, 0.4) is 0 Å². The number of carbonyl (C=O) groups excluding carboxylic acids is 2. The van der Waals surface area contributed by atoms with Crippen molar-refractivity contribution in [2.45, 2.75) is 20.8 Å². The number of Topliss-reactive ketones (excluding diaryl/α,β-unsaturated/α-hetero) is 1. The van der Waals surface area contributed by atoms with Gasteiger partial charge in [-0.25, -0.2) is 0 Å². The Morgan fingerprint density at radius 2 is 2.07 bits per heavy atom. The van der Waals surface area contributed by atoms with Gasteiger partial charge < -0.3 is 4.74 Å². The summed E-state index contributed by atoms with van der Waals surface area (Å²) in [4.78, 5) is 22.8. The molecule has 0 bridgehead atoms. The van der Waals surface area contributed by atoms with Crippen molar-refractivity contribution in [1.29, 1.82) is 0 Å². The monoisotopic (exact) mass is 210 g/mol. The van der Waals surface area contributed by atoms with Crippen molar-refractivity contribution >= 4 is 11.8 Å². The van der Waals surface area contributed by atoms with Gasteiger partial charge in [-0.1, -0.05) is 25.2 Å². The molecular weight excluding hydrogens is 192 g/mol. The summed E-state index contributed by atoms with van der Waals surface area (Å²) >= 11 is 0. The van der Waals surface area contributed by atoms with E-state index >= 15 is 0 Å². The topological polar surface area (TPSA) is 43.4 Å². The van der Waals surface area contributed by atoms with Crippen LogP contribution < -0.4 is 0 Å². The fourth-order valence-electron chi connectivity index (χ4n) is 1.20. The summed E-state index contributed by atoms with van der Waals surface area (Å²) in [5.41, 5.74) is 0. The molecule has 3 nitrogen and oxygen atoms in total. The highest BCUT2D eigenvalue weighted by Gasteiger charge is 2.28. The fraction of sp³-hybridized carbons (Fsp3) is 0.500. The maximum absolute atomic E-state index is 11.5. The molecule has 0 rings (SSSR count). The van der Waals surface area contributed by atoms with Gasteiger partial charge in [0.05, 0.1) is 0 Å². The van der Waals surface area contributed by atoms with Gasteiger partial charge in [0.1, 0.15) is 18.3 Å². The number of rotatable bonds is 6. The van der Waals surface area contributed by atoms with Crippen molar-refractivity contribution in [2.75, 3.05) is 6.61 Å². The minimum atomic E-state index is -0.729.